The van der Waals surface area contributed by atoms with Crippen molar-refractivity contribution in [3.63, 3.8) is 0 Å². The average Bonchev–Trinajstić information content (AvgIpc) is 3.17. The Morgan fingerprint density at radius 2 is 1.81 bits per heavy atom. The highest BCUT2D eigenvalue weighted by atomic mass is 32.2. The molecule has 0 saturated heterocycles. The number of aromatic nitrogens is 2. The molecule has 3 unspecified atom stereocenters. The van der Waals surface area contributed by atoms with Gasteiger partial charge in [-0.1, -0.05) is 0 Å². The summed E-state index contributed by atoms with van der Waals surface area (Å²) in [7, 11) is -4.36. The number of nitrogens with one attached hydrogen (secondary N) is 2. The average molecular weight is 492 g/mol. The molecule has 1 aromatic carbocycles. The Kier molecular flexibility index (Phi) is 9.28. The van der Waals surface area contributed by atoms with E-state index in [-0.39, 0.29) is 41.4 Å². The molecule has 0 aliphatic carbocycles. The fourth-order valence-electron chi connectivity index (χ4n) is 3.08. The minimum Gasteiger partial charge on any atom is -0.382 e. The number of nitrogens with zero attached hydrogens (tertiary/aromatic N) is 3. The van der Waals surface area contributed by atoms with Gasteiger partial charge in [0.2, 0.25) is 5.13 Å². The van der Waals surface area contributed by atoms with Gasteiger partial charge in [0, 0.05) is 61.3 Å². The molecule has 9 nitrogen and oxygen atoms in total. The molecular weight excluding hydrogens is 460 g/mol. The van der Waals surface area contributed by atoms with Gasteiger partial charge in [0.1, 0.15) is 22.9 Å². The molecule has 13 heteroatoms. The summed E-state index contributed by atoms with van der Waals surface area (Å²) in [6, 6.07) is 1.46. The Balaban J connectivity index is 2.15. The summed E-state index contributed by atoms with van der Waals surface area (Å²) in [5.41, 5.74) is 11.9. The van der Waals surface area contributed by atoms with Crippen LogP contribution in [-0.4, -0.2) is 60.4 Å². The first-order chi connectivity index (χ1) is 14.9. The van der Waals surface area contributed by atoms with Crippen LogP contribution in [-0.2, 0) is 10.0 Å². The molecule has 3 atom stereocenters. The molecule has 0 fully saturated rings. The summed E-state index contributed by atoms with van der Waals surface area (Å²) in [5.74, 6) is -2.08. The van der Waals surface area contributed by atoms with Crippen LogP contribution in [0, 0.1) is 17.6 Å². The van der Waals surface area contributed by atoms with Crippen LogP contribution in [0.4, 0.5) is 19.6 Å². The van der Waals surface area contributed by atoms with Gasteiger partial charge in [-0.05, 0) is 33.8 Å². The smallest absolute Gasteiger partial charge is 0.266 e. The Hall–Kier alpha value is -1.93. The van der Waals surface area contributed by atoms with Crippen molar-refractivity contribution in [3.8, 4) is 0 Å². The summed E-state index contributed by atoms with van der Waals surface area (Å²) >= 11 is 0.778. The molecule has 1 heterocycles. The standard InChI is InChI=1S/C19H31F2N7O2S2/c1-11(2)28(8-12(3)22)9-14(13(4)23)7-24-17-5-16(21)18(6-15(17)20)32(29,30)27-19-25-10-26-31-19/h5-6,10-14,24H,7-9,22-23H2,1-4H3,(H,25,26,27). The van der Waals surface area contributed by atoms with E-state index in [0.717, 1.165) is 23.9 Å². The van der Waals surface area contributed by atoms with E-state index in [4.69, 9.17) is 11.5 Å². The van der Waals surface area contributed by atoms with Gasteiger partial charge in [-0.25, -0.2) is 22.2 Å². The summed E-state index contributed by atoms with van der Waals surface area (Å²) in [5, 5.41) is 2.82. The zero-order valence-corrected chi connectivity index (χ0v) is 20.2. The molecule has 0 bridgehead atoms. The van der Waals surface area contributed by atoms with Crippen molar-refractivity contribution in [1.29, 1.82) is 0 Å². The number of nitrogens with two attached hydrogens (primary N) is 2. The monoisotopic (exact) mass is 491 g/mol. The largest absolute Gasteiger partial charge is 0.382 e. The van der Waals surface area contributed by atoms with Crippen molar-refractivity contribution in [1.82, 2.24) is 14.3 Å². The Bertz CT molecular complexity index is 970. The van der Waals surface area contributed by atoms with E-state index in [2.05, 4.69) is 38.1 Å². The number of benzene rings is 1. The zero-order chi connectivity index (χ0) is 24.1. The molecule has 2 aromatic rings. The Morgan fingerprint density at radius 1 is 1.12 bits per heavy atom. The van der Waals surface area contributed by atoms with Gasteiger partial charge in [0.15, 0.2) is 0 Å². The summed E-state index contributed by atoms with van der Waals surface area (Å²) in [4.78, 5) is 5.05. The molecule has 0 radical (unpaired) electrons. The second kappa shape index (κ2) is 11.3. The maximum atomic E-state index is 14.6. The Morgan fingerprint density at radius 3 is 2.34 bits per heavy atom. The maximum Gasteiger partial charge on any atom is 0.266 e. The lowest BCUT2D eigenvalue weighted by molar-refractivity contribution is 0.173. The highest BCUT2D eigenvalue weighted by molar-refractivity contribution is 7.93. The van der Waals surface area contributed by atoms with E-state index in [1.54, 1.807) is 0 Å². The fourth-order valence-corrected chi connectivity index (χ4v) is 4.82. The summed E-state index contributed by atoms with van der Waals surface area (Å²) in [6.45, 7) is 9.44. The number of rotatable bonds is 12. The first kappa shape index (κ1) is 26.3. The van der Waals surface area contributed by atoms with E-state index in [1.807, 2.05) is 13.8 Å². The highest BCUT2D eigenvalue weighted by Crippen LogP contribution is 2.25. The predicted molar refractivity (Wildman–Crippen MR) is 123 cm³/mol. The van der Waals surface area contributed by atoms with Gasteiger partial charge in [-0.15, -0.1) is 0 Å². The van der Waals surface area contributed by atoms with Gasteiger partial charge in [0.05, 0.1) is 5.69 Å². The molecule has 0 saturated carbocycles. The molecule has 0 aliphatic heterocycles. The first-order valence-corrected chi connectivity index (χ1v) is 12.4. The van der Waals surface area contributed by atoms with Crippen LogP contribution in [0.3, 0.4) is 0 Å². The van der Waals surface area contributed by atoms with Crippen LogP contribution < -0.4 is 21.5 Å². The van der Waals surface area contributed by atoms with Crippen LogP contribution in [0.2, 0.25) is 0 Å². The van der Waals surface area contributed by atoms with Crippen LogP contribution >= 0.6 is 11.5 Å². The molecule has 180 valence electrons. The van der Waals surface area contributed by atoms with Crippen molar-refractivity contribution >= 4 is 32.4 Å². The molecule has 0 aliphatic rings. The quantitative estimate of drug-likeness (QED) is 0.354. The van der Waals surface area contributed by atoms with Gasteiger partial charge in [0.25, 0.3) is 10.0 Å². The molecule has 1 aromatic heterocycles. The van der Waals surface area contributed by atoms with E-state index in [1.165, 1.54) is 0 Å². The van der Waals surface area contributed by atoms with Crippen molar-refractivity contribution in [2.45, 2.75) is 50.7 Å². The lowest BCUT2D eigenvalue weighted by Gasteiger charge is -2.33. The summed E-state index contributed by atoms with van der Waals surface area (Å²) in [6.07, 6.45) is 1.15. The summed E-state index contributed by atoms with van der Waals surface area (Å²) < 4.78 is 59.7. The molecule has 0 amide bonds. The molecule has 32 heavy (non-hydrogen) atoms. The van der Waals surface area contributed by atoms with Crippen molar-refractivity contribution in [2.24, 2.45) is 17.4 Å². The van der Waals surface area contributed by atoms with E-state index in [9.17, 15) is 17.2 Å². The third-order valence-electron chi connectivity index (χ3n) is 4.91. The number of hydrogen-bond donors (Lipinski definition) is 4. The third kappa shape index (κ3) is 7.30. The minimum absolute atomic E-state index is 0.0195. The van der Waals surface area contributed by atoms with Gasteiger partial charge in [-0.2, -0.15) is 4.37 Å². The molecule has 0 spiro atoms. The van der Waals surface area contributed by atoms with Crippen LogP contribution in [0.1, 0.15) is 27.7 Å². The van der Waals surface area contributed by atoms with Gasteiger partial charge < -0.3 is 16.8 Å². The number of halogens is 2. The second-order valence-corrected chi connectivity index (χ2v) is 10.6. The lowest BCUT2D eigenvalue weighted by atomic mass is 10.00. The topological polar surface area (TPSA) is 139 Å². The van der Waals surface area contributed by atoms with Crippen molar-refractivity contribution in [2.75, 3.05) is 29.7 Å². The van der Waals surface area contributed by atoms with Crippen LogP contribution in [0.5, 0.6) is 0 Å². The number of anilines is 2. The molecule has 6 N–H and O–H groups in total. The van der Waals surface area contributed by atoms with Crippen LogP contribution in [0.25, 0.3) is 0 Å². The Labute approximate surface area is 191 Å². The number of hydrogen-bond acceptors (Lipinski definition) is 9. The minimum atomic E-state index is -4.36. The zero-order valence-electron chi connectivity index (χ0n) is 18.5. The fraction of sp³-hybridized carbons (Fsp3) is 0.579. The number of sulfonamides is 1. The molecular formula is C19H31F2N7O2S2. The van der Waals surface area contributed by atoms with Crippen molar-refractivity contribution in [3.05, 3.63) is 30.1 Å². The van der Waals surface area contributed by atoms with Crippen molar-refractivity contribution < 1.29 is 17.2 Å². The van der Waals surface area contributed by atoms with E-state index >= 15 is 0 Å². The SMILES string of the molecule is CC(N)CN(CC(CNc1cc(F)c(S(=O)(=O)Nc2ncns2)cc1F)C(C)N)C(C)C. The van der Waals surface area contributed by atoms with Crippen LogP contribution in [0.15, 0.2) is 23.4 Å². The van der Waals surface area contributed by atoms with E-state index in [0.29, 0.717) is 19.2 Å². The lowest BCUT2D eigenvalue weighted by Crippen LogP contribution is -2.47. The first-order valence-electron chi connectivity index (χ1n) is 10.2. The highest BCUT2D eigenvalue weighted by Gasteiger charge is 2.25. The van der Waals surface area contributed by atoms with Gasteiger partial charge >= 0.3 is 0 Å². The predicted octanol–water partition coefficient (Wildman–Crippen LogP) is 2.05. The maximum absolute atomic E-state index is 14.6. The van der Waals surface area contributed by atoms with E-state index < -0.39 is 26.6 Å². The third-order valence-corrected chi connectivity index (χ3v) is 6.98. The van der Waals surface area contributed by atoms with Gasteiger partial charge in [-0.3, -0.25) is 9.62 Å². The molecule has 2 rings (SSSR count). The second-order valence-electron chi connectivity index (χ2n) is 8.14. The normalized spacial score (nSPS) is 15.1.